The van der Waals surface area contributed by atoms with Gasteiger partial charge in [-0.05, 0) is 28.1 Å². The molecular formula is C7H4BrClO2. The molecule has 0 aliphatic carbocycles. The van der Waals surface area contributed by atoms with Crippen molar-refractivity contribution in [2.45, 2.75) is 0 Å². The first kappa shape index (κ1) is 8.56. The molecule has 1 N–H and O–H groups in total. The van der Waals surface area contributed by atoms with Crippen LogP contribution in [-0.2, 0) is 0 Å². The zero-order valence-corrected chi connectivity index (χ0v) is 7.69. The number of carbonyl (C=O) groups is 1. The summed E-state index contributed by atoms with van der Waals surface area (Å²) in [5.41, 5.74) is 0.358. The van der Waals surface area contributed by atoms with Crippen molar-refractivity contribution in [2.75, 3.05) is 0 Å². The van der Waals surface area contributed by atoms with Gasteiger partial charge in [0.1, 0.15) is 5.75 Å². The number of carbonyl (C=O) groups excluding carboxylic acids is 1. The van der Waals surface area contributed by atoms with Gasteiger partial charge in [-0.2, -0.15) is 0 Å². The first-order valence-electron chi connectivity index (χ1n) is 2.79. The summed E-state index contributed by atoms with van der Waals surface area (Å²) >= 11 is 8.69. The third-order valence-electron chi connectivity index (χ3n) is 1.22. The Morgan fingerprint density at radius 1 is 1.55 bits per heavy atom. The number of phenols is 1. The highest BCUT2D eigenvalue weighted by molar-refractivity contribution is 9.10. The lowest BCUT2D eigenvalue weighted by Crippen LogP contribution is -1.82. The van der Waals surface area contributed by atoms with Crippen molar-refractivity contribution in [3.63, 3.8) is 0 Å². The molecular weight excluding hydrogens is 231 g/mol. The van der Waals surface area contributed by atoms with E-state index in [-0.39, 0.29) is 10.8 Å². The van der Waals surface area contributed by atoms with Crippen LogP contribution in [0.4, 0.5) is 0 Å². The van der Waals surface area contributed by atoms with Crippen molar-refractivity contribution >= 4 is 33.8 Å². The summed E-state index contributed by atoms with van der Waals surface area (Å²) in [5, 5.41) is 9.31. The first-order chi connectivity index (χ1) is 5.16. The SMILES string of the molecule is O=Cc1ccc(O)c(Br)c1Cl. The second-order valence-corrected chi connectivity index (χ2v) is 3.09. The Kier molecular flexibility index (Phi) is 2.52. The molecule has 11 heavy (non-hydrogen) atoms. The third kappa shape index (κ3) is 1.54. The van der Waals surface area contributed by atoms with E-state index in [2.05, 4.69) is 15.9 Å². The predicted octanol–water partition coefficient (Wildman–Crippen LogP) is 2.62. The van der Waals surface area contributed by atoms with Crippen molar-refractivity contribution < 1.29 is 9.90 Å². The lowest BCUT2D eigenvalue weighted by atomic mass is 10.2. The van der Waals surface area contributed by atoms with E-state index in [0.29, 0.717) is 16.3 Å². The van der Waals surface area contributed by atoms with Gasteiger partial charge in [-0.25, -0.2) is 0 Å². The molecule has 0 heterocycles. The topological polar surface area (TPSA) is 37.3 Å². The van der Waals surface area contributed by atoms with Gasteiger partial charge in [0.25, 0.3) is 0 Å². The molecule has 1 aromatic carbocycles. The van der Waals surface area contributed by atoms with Gasteiger partial charge in [0.05, 0.1) is 9.50 Å². The van der Waals surface area contributed by atoms with Gasteiger partial charge >= 0.3 is 0 Å². The van der Waals surface area contributed by atoms with E-state index in [1.54, 1.807) is 0 Å². The molecule has 0 aliphatic rings. The summed E-state index contributed by atoms with van der Waals surface area (Å²) < 4.78 is 0.351. The molecule has 0 aromatic heterocycles. The molecule has 0 bridgehead atoms. The van der Waals surface area contributed by atoms with Crippen LogP contribution in [0.3, 0.4) is 0 Å². The van der Waals surface area contributed by atoms with Gasteiger partial charge in [0.15, 0.2) is 6.29 Å². The van der Waals surface area contributed by atoms with Gasteiger partial charge in [-0.1, -0.05) is 11.6 Å². The normalized spacial score (nSPS) is 9.64. The van der Waals surface area contributed by atoms with Crippen LogP contribution >= 0.6 is 27.5 Å². The van der Waals surface area contributed by atoms with E-state index in [1.807, 2.05) is 0 Å². The highest BCUT2D eigenvalue weighted by atomic mass is 79.9. The van der Waals surface area contributed by atoms with Crippen LogP contribution in [0.25, 0.3) is 0 Å². The third-order valence-corrected chi connectivity index (χ3v) is 2.66. The second kappa shape index (κ2) is 3.24. The van der Waals surface area contributed by atoms with Crippen LogP contribution in [0.15, 0.2) is 16.6 Å². The Morgan fingerprint density at radius 2 is 2.18 bits per heavy atom. The van der Waals surface area contributed by atoms with Gasteiger partial charge in [0.2, 0.25) is 0 Å². The zero-order chi connectivity index (χ0) is 8.43. The van der Waals surface area contributed by atoms with Gasteiger partial charge in [-0.3, -0.25) is 4.79 Å². The Balaban J connectivity index is 3.36. The highest BCUT2D eigenvalue weighted by Crippen LogP contribution is 2.33. The minimum Gasteiger partial charge on any atom is -0.507 e. The molecule has 0 radical (unpaired) electrons. The lowest BCUT2D eigenvalue weighted by Gasteiger charge is -2.00. The molecule has 4 heteroatoms. The van der Waals surface area contributed by atoms with E-state index in [4.69, 9.17) is 16.7 Å². The minimum atomic E-state index is 0.0283. The van der Waals surface area contributed by atoms with E-state index < -0.39 is 0 Å². The Hall–Kier alpha value is -0.540. The fourth-order valence-corrected chi connectivity index (χ4v) is 1.21. The van der Waals surface area contributed by atoms with Gasteiger partial charge < -0.3 is 5.11 Å². The molecule has 2 nitrogen and oxygen atoms in total. The Morgan fingerprint density at radius 3 is 2.73 bits per heavy atom. The number of hydrogen-bond acceptors (Lipinski definition) is 2. The van der Waals surface area contributed by atoms with Gasteiger partial charge in [0, 0.05) is 5.56 Å². The standard InChI is InChI=1S/C7H4BrClO2/c8-6-5(11)2-1-4(3-10)7(6)9/h1-3,11H. The van der Waals surface area contributed by atoms with Crippen LogP contribution in [0.2, 0.25) is 5.02 Å². The van der Waals surface area contributed by atoms with Crippen LogP contribution in [-0.4, -0.2) is 11.4 Å². The maximum absolute atomic E-state index is 10.3. The van der Waals surface area contributed by atoms with Crippen molar-refractivity contribution in [3.05, 3.63) is 27.2 Å². The molecule has 1 rings (SSSR count). The smallest absolute Gasteiger partial charge is 0.151 e. The molecule has 58 valence electrons. The number of hydrogen-bond donors (Lipinski definition) is 1. The van der Waals surface area contributed by atoms with Crippen LogP contribution in [0, 0.1) is 0 Å². The van der Waals surface area contributed by atoms with E-state index >= 15 is 0 Å². The monoisotopic (exact) mass is 234 g/mol. The number of aromatic hydroxyl groups is 1. The predicted molar refractivity (Wildman–Crippen MR) is 46.2 cm³/mol. The fraction of sp³-hybridized carbons (Fsp3) is 0. The summed E-state index contributed by atoms with van der Waals surface area (Å²) in [5.74, 6) is 0.0283. The quantitative estimate of drug-likeness (QED) is 0.760. The number of aldehydes is 1. The molecule has 0 saturated heterocycles. The molecule has 0 atom stereocenters. The molecule has 0 aliphatic heterocycles. The lowest BCUT2D eigenvalue weighted by molar-refractivity contribution is 0.112. The average molecular weight is 235 g/mol. The molecule has 0 saturated carbocycles. The van der Waals surface area contributed by atoms with Crippen molar-refractivity contribution in [1.82, 2.24) is 0 Å². The molecule has 0 unspecified atom stereocenters. The minimum absolute atomic E-state index is 0.0283. The maximum Gasteiger partial charge on any atom is 0.151 e. The molecule has 0 fully saturated rings. The first-order valence-corrected chi connectivity index (χ1v) is 3.96. The number of phenolic OH excluding ortho intramolecular Hbond substituents is 1. The summed E-state index contributed by atoms with van der Waals surface area (Å²) in [6.45, 7) is 0. The highest BCUT2D eigenvalue weighted by Gasteiger charge is 2.06. The van der Waals surface area contributed by atoms with Gasteiger partial charge in [-0.15, -0.1) is 0 Å². The van der Waals surface area contributed by atoms with Crippen molar-refractivity contribution in [3.8, 4) is 5.75 Å². The van der Waals surface area contributed by atoms with E-state index in [9.17, 15) is 4.79 Å². The van der Waals surface area contributed by atoms with Crippen LogP contribution in [0.1, 0.15) is 10.4 Å². The second-order valence-electron chi connectivity index (χ2n) is 1.92. The Labute approximate surface area is 76.9 Å². The maximum atomic E-state index is 10.3. The number of rotatable bonds is 1. The number of benzene rings is 1. The average Bonchev–Trinajstić information content (AvgIpc) is 2.01. The summed E-state index contributed by atoms with van der Waals surface area (Å²) in [6, 6.07) is 2.86. The summed E-state index contributed by atoms with van der Waals surface area (Å²) in [7, 11) is 0. The van der Waals surface area contributed by atoms with Crippen molar-refractivity contribution in [1.29, 1.82) is 0 Å². The Bertz CT molecular complexity index is 299. The molecule has 0 spiro atoms. The summed E-state index contributed by atoms with van der Waals surface area (Å²) in [4.78, 5) is 10.3. The zero-order valence-electron chi connectivity index (χ0n) is 5.34. The van der Waals surface area contributed by atoms with Crippen LogP contribution in [0.5, 0.6) is 5.75 Å². The van der Waals surface area contributed by atoms with Crippen LogP contribution < -0.4 is 0 Å². The van der Waals surface area contributed by atoms with Crippen molar-refractivity contribution in [2.24, 2.45) is 0 Å². The largest absolute Gasteiger partial charge is 0.507 e. The summed E-state index contributed by atoms with van der Waals surface area (Å²) in [6.07, 6.45) is 0.631. The fourth-order valence-electron chi connectivity index (χ4n) is 0.645. The number of halogens is 2. The molecule has 0 amide bonds. The molecule has 1 aromatic rings. The van der Waals surface area contributed by atoms with E-state index in [0.717, 1.165) is 0 Å². The van der Waals surface area contributed by atoms with E-state index in [1.165, 1.54) is 12.1 Å².